The molecule has 5 rings (SSSR count). The number of benzene rings is 2. The maximum absolute atomic E-state index is 12.8. The van der Waals surface area contributed by atoms with Crippen LogP contribution in [0.15, 0.2) is 78.1 Å². The van der Waals surface area contributed by atoms with Crippen molar-refractivity contribution in [1.82, 2.24) is 9.80 Å². The van der Waals surface area contributed by atoms with E-state index in [4.69, 9.17) is 33.0 Å². The third kappa shape index (κ3) is 6.10. The van der Waals surface area contributed by atoms with E-state index < -0.39 is 0 Å². The van der Waals surface area contributed by atoms with Gasteiger partial charge in [0.1, 0.15) is 6.61 Å². The van der Waals surface area contributed by atoms with E-state index in [1.165, 1.54) is 16.7 Å². The molecule has 200 valence electrons. The van der Waals surface area contributed by atoms with E-state index in [-0.39, 0.29) is 18.4 Å². The Hall–Kier alpha value is -2.77. The van der Waals surface area contributed by atoms with Crippen molar-refractivity contribution in [2.45, 2.75) is 18.3 Å². The molecular formula is C30H33Cl2N3O3. The lowest BCUT2D eigenvalue weighted by atomic mass is 9.85. The molecule has 1 saturated heterocycles. The number of rotatable bonds is 8. The van der Waals surface area contributed by atoms with Gasteiger partial charge in [0.05, 0.1) is 16.6 Å². The van der Waals surface area contributed by atoms with Crippen LogP contribution in [-0.2, 0) is 14.6 Å². The SMILES string of the molecule is CN(CCN1CCC(c2ccc(C3C=CC=C4OOCC=C43)cc2)C1)C(=O)CN(C)c1ccc(Cl)c(Cl)c1. The van der Waals surface area contributed by atoms with Crippen molar-refractivity contribution in [1.29, 1.82) is 0 Å². The lowest BCUT2D eigenvalue weighted by Crippen LogP contribution is -2.40. The second-order valence-corrected chi connectivity index (χ2v) is 11.0. The molecule has 0 saturated carbocycles. The molecule has 6 nitrogen and oxygen atoms in total. The van der Waals surface area contributed by atoms with Crippen LogP contribution in [0.1, 0.15) is 29.4 Å². The number of carbonyl (C=O) groups is 1. The van der Waals surface area contributed by atoms with Crippen molar-refractivity contribution in [3.05, 3.63) is 99.3 Å². The predicted molar refractivity (Wildman–Crippen MR) is 153 cm³/mol. The molecule has 2 heterocycles. The molecule has 3 aliphatic rings. The Kier molecular flexibility index (Phi) is 8.44. The quantitative estimate of drug-likeness (QED) is 0.386. The molecule has 2 aromatic carbocycles. The van der Waals surface area contributed by atoms with Gasteiger partial charge in [0.15, 0.2) is 5.76 Å². The van der Waals surface area contributed by atoms with Crippen molar-refractivity contribution < 1.29 is 14.6 Å². The maximum Gasteiger partial charge on any atom is 0.241 e. The number of hydrogen-bond donors (Lipinski definition) is 0. The van der Waals surface area contributed by atoms with Crippen LogP contribution < -0.4 is 4.90 Å². The summed E-state index contributed by atoms with van der Waals surface area (Å²) < 4.78 is 0. The van der Waals surface area contributed by atoms with Gasteiger partial charge in [0.25, 0.3) is 0 Å². The molecule has 2 unspecified atom stereocenters. The molecule has 0 N–H and O–H groups in total. The normalized spacial score (nSPS) is 20.8. The average molecular weight is 555 g/mol. The molecule has 2 aromatic rings. The van der Waals surface area contributed by atoms with E-state index in [0.29, 0.717) is 29.1 Å². The number of fused-ring (bicyclic) bond motifs is 1. The number of amides is 1. The molecule has 0 radical (unpaired) electrons. The Labute approximate surface area is 234 Å². The molecule has 2 atom stereocenters. The molecule has 0 aromatic heterocycles. The molecule has 1 fully saturated rings. The van der Waals surface area contributed by atoms with Gasteiger partial charge in [-0.3, -0.25) is 4.79 Å². The fourth-order valence-electron chi connectivity index (χ4n) is 5.26. The van der Waals surface area contributed by atoms with Crippen LogP contribution in [0, 0.1) is 0 Å². The summed E-state index contributed by atoms with van der Waals surface area (Å²) in [6, 6.07) is 14.4. The van der Waals surface area contributed by atoms with Gasteiger partial charge < -0.3 is 19.6 Å². The molecule has 1 amide bonds. The smallest absolute Gasteiger partial charge is 0.241 e. The second kappa shape index (κ2) is 12.0. The van der Waals surface area contributed by atoms with E-state index in [1.807, 2.05) is 42.1 Å². The summed E-state index contributed by atoms with van der Waals surface area (Å²) in [5.74, 6) is 1.57. The van der Waals surface area contributed by atoms with Crippen molar-refractivity contribution in [2.75, 3.05) is 58.3 Å². The molecule has 0 bridgehead atoms. The number of anilines is 1. The van der Waals surface area contributed by atoms with Gasteiger partial charge in [-0.1, -0.05) is 59.6 Å². The molecule has 0 spiro atoms. The van der Waals surface area contributed by atoms with Crippen molar-refractivity contribution >= 4 is 34.8 Å². The average Bonchev–Trinajstić information content (AvgIpc) is 3.42. The first-order chi connectivity index (χ1) is 18.4. The third-order valence-corrected chi connectivity index (χ3v) is 8.36. The van der Waals surface area contributed by atoms with Gasteiger partial charge in [0, 0.05) is 50.9 Å². The second-order valence-electron chi connectivity index (χ2n) is 10.1. The minimum atomic E-state index is 0.0738. The van der Waals surface area contributed by atoms with Crippen LogP contribution in [0.25, 0.3) is 0 Å². The van der Waals surface area contributed by atoms with Crippen molar-refractivity contribution in [3.63, 3.8) is 0 Å². The highest BCUT2D eigenvalue weighted by molar-refractivity contribution is 6.42. The summed E-state index contributed by atoms with van der Waals surface area (Å²) >= 11 is 12.1. The highest BCUT2D eigenvalue weighted by Gasteiger charge is 2.27. The lowest BCUT2D eigenvalue weighted by molar-refractivity contribution is -0.256. The monoisotopic (exact) mass is 553 g/mol. The number of carbonyl (C=O) groups excluding carboxylic acids is 1. The van der Waals surface area contributed by atoms with E-state index in [2.05, 4.69) is 41.3 Å². The van der Waals surface area contributed by atoms with Gasteiger partial charge in [0.2, 0.25) is 5.91 Å². The van der Waals surface area contributed by atoms with Gasteiger partial charge in [-0.15, -0.1) is 0 Å². The zero-order valence-corrected chi connectivity index (χ0v) is 23.3. The van der Waals surface area contributed by atoms with Crippen LogP contribution >= 0.6 is 23.2 Å². The summed E-state index contributed by atoms with van der Waals surface area (Å²) in [5, 5.41) is 0.991. The zero-order chi connectivity index (χ0) is 26.6. The largest absolute Gasteiger partial charge is 0.365 e. The fraction of sp³-hybridized carbons (Fsp3) is 0.367. The van der Waals surface area contributed by atoms with E-state index >= 15 is 0 Å². The Morgan fingerprint density at radius 1 is 1.08 bits per heavy atom. The van der Waals surface area contributed by atoms with Crippen LogP contribution in [0.3, 0.4) is 0 Å². The first-order valence-corrected chi connectivity index (χ1v) is 13.8. The minimum absolute atomic E-state index is 0.0738. The van der Waals surface area contributed by atoms with E-state index in [9.17, 15) is 4.79 Å². The summed E-state index contributed by atoms with van der Waals surface area (Å²) in [4.78, 5) is 29.4. The van der Waals surface area contributed by atoms with Crippen LogP contribution in [0.5, 0.6) is 0 Å². The number of likely N-dealkylation sites (tertiary alicyclic amines) is 1. The Bertz CT molecular complexity index is 1260. The standard InChI is InChI=1S/C30H33Cl2N3O3/c1-33(30(36)20-34(2)24-10-11-27(31)28(32)18-24)15-16-35-14-12-23(19-35)21-6-8-22(9-7-21)25-4-3-5-29-26(25)13-17-37-38-29/h3-11,13,18,23,25H,12,14-17,19-20H2,1-2H3. The Morgan fingerprint density at radius 3 is 2.66 bits per heavy atom. The molecule has 8 heteroatoms. The number of allylic oxidation sites excluding steroid dienone is 4. The minimum Gasteiger partial charge on any atom is -0.365 e. The highest BCUT2D eigenvalue weighted by Crippen LogP contribution is 2.37. The van der Waals surface area contributed by atoms with Gasteiger partial charge in [-0.25, -0.2) is 0 Å². The van der Waals surface area contributed by atoms with E-state index in [0.717, 1.165) is 37.5 Å². The zero-order valence-electron chi connectivity index (χ0n) is 21.8. The van der Waals surface area contributed by atoms with Crippen molar-refractivity contribution in [3.8, 4) is 0 Å². The van der Waals surface area contributed by atoms with Crippen LogP contribution in [-0.4, -0.2) is 69.1 Å². The maximum atomic E-state index is 12.8. The first-order valence-electron chi connectivity index (χ1n) is 13.0. The first kappa shape index (κ1) is 26.8. The topological polar surface area (TPSA) is 45.3 Å². The number of hydrogen-bond acceptors (Lipinski definition) is 5. The number of nitrogens with zero attached hydrogens (tertiary/aromatic N) is 3. The van der Waals surface area contributed by atoms with Gasteiger partial charge >= 0.3 is 0 Å². The third-order valence-electron chi connectivity index (χ3n) is 7.62. The molecule has 1 aliphatic carbocycles. The molecular weight excluding hydrogens is 521 g/mol. The van der Waals surface area contributed by atoms with Gasteiger partial charge in [-0.2, -0.15) is 4.89 Å². The predicted octanol–water partition coefficient (Wildman–Crippen LogP) is 5.80. The fourth-order valence-corrected chi connectivity index (χ4v) is 5.55. The van der Waals surface area contributed by atoms with E-state index in [1.54, 1.807) is 12.1 Å². The molecule has 38 heavy (non-hydrogen) atoms. The Balaban J connectivity index is 1.10. The number of likely N-dealkylation sites (N-methyl/N-ethyl adjacent to an activating group) is 2. The summed E-state index contributed by atoms with van der Waals surface area (Å²) in [5.41, 5.74) is 4.66. The van der Waals surface area contributed by atoms with Crippen LogP contribution in [0.4, 0.5) is 5.69 Å². The lowest BCUT2D eigenvalue weighted by Gasteiger charge is -2.26. The van der Waals surface area contributed by atoms with Gasteiger partial charge in [-0.05, 0) is 60.4 Å². The summed E-state index contributed by atoms with van der Waals surface area (Å²) in [6.45, 7) is 4.38. The Morgan fingerprint density at radius 2 is 1.87 bits per heavy atom. The van der Waals surface area contributed by atoms with Crippen molar-refractivity contribution in [2.24, 2.45) is 0 Å². The highest BCUT2D eigenvalue weighted by atomic mass is 35.5. The van der Waals surface area contributed by atoms with Crippen LogP contribution in [0.2, 0.25) is 10.0 Å². The number of halogens is 2. The molecule has 2 aliphatic heterocycles. The summed E-state index contributed by atoms with van der Waals surface area (Å²) in [6.07, 6.45) is 9.41. The summed E-state index contributed by atoms with van der Waals surface area (Å²) in [7, 11) is 3.76.